The number of aliphatic hydroxyl groups is 1. The molecule has 0 aliphatic heterocycles. The second-order valence-electron chi connectivity index (χ2n) is 3.95. The van der Waals surface area contributed by atoms with Crippen molar-refractivity contribution in [3.8, 4) is 0 Å². The van der Waals surface area contributed by atoms with E-state index in [0.717, 1.165) is 12.8 Å². The van der Waals surface area contributed by atoms with Crippen molar-refractivity contribution in [2.45, 2.75) is 25.8 Å². The van der Waals surface area contributed by atoms with E-state index in [1.807, 2.05) is 18.9 Å². The molecule has 2 N–H and O–H groups in total. The van der Waals surface area contributed by atoms with Crippen LogP contribution < -0.4 is 5.32 Å². The average molecular weight is 200 g/mol. The van der Waals surface area contributed by atoms with E-state index in [4.69, 9.17) is 5.11 Å². The van der Waals surface area contributed by atoms with Gasteiger partial charge in [-0.05, 0) is 19.9 Å². The summed E-state index contributed by atoms with van der Waals surface area (Å²) >= 11 is 0. The van der Waals surface area contributed by atoms with Crippen LogP contribution in [0, 0.1) is 5.92 Å². The van der Waals surface area contributed by atoms with E-state index >= 15 is 0 Å². The van der Waals surface area contributed by atoms with Gasteiger partial charge in [0.15, 0.2) is 0 Å². The summed E-state index contributed by atoms with van der Waals surface area (Å²) in [6.07, 6.45) is 2.19. The number of rotatable bonds is 6. The molecular formula is C10H20N2O2. The maximum atomic E-state index is 11.9. The average Bonchev–Trinajstić information content (AvgIpc) is 2.97. The molecule has 0 spiro atoms. The van der Waals surface area contributed by atoms with Crippen LogP contribution in [0.4, 0.5) is 0 Å². The van der Waals surface area contributed by atoms with Crippen molar-refractivity contribution in [3.05, 3.63) is 0 Å². The van der Waals surface area contributed by atoms with Crippen LogP contribution in [0.3, 0.4) is 0 Å². The minimum atomic E-state index is 0.00662. The van der Waals surface area contributed by atoms with Gasteiger partial charge in [0.2, 0.25) is 5.91 Å². The van der Waals surface area contributed by atoms with Crippen molar-refractivity contribution in [1.29, 1.82) is 0 Å². The molecule has 1 aliphatic carbocycles. The highest BCUT2D eigenvalue weighted by molar-refractivity contribution is 5.79. The maximum Gasteiger partial charge on any atom is 0.227 e. The third-order valence-electron chi connectivity index (χ3n) is 2.54. The highest BCUT2D eigenvalue weighted by Gasteiger charge is 2.33. The van der Waals surface area contributed by atoms with Gasteiger partial charge in [0, 0.05) is 25.0 Å². The van der Waals surface area contributed by atoms with Gasteiger partial charge in [-0.15, -0.1) is 0 Å². The van der Waals surface area contributed by atoms with E-state index in [1.54, 1.807) is 0 Å². The molecular weight excluding hydrogens is 180 g/mol. The van der Waals surface area contributed by atoms with Crippen molar-refractivity contribution in [2.24, 2.45) is 5.92 Å². The Morgan fingerprint density at radius 3 is 2.71 bits per heavy atom. The Kier molecular flexibility index (Phi) is 4.35. The Morgan fingerprint density at radius 2 is 2.29 bits per heavy atom. The molecule has 82 valence electrons. The zero-order chi connectivity index (χ0) is 10.6. The van der Waals surface area contributed by atoms with Crippen molar-refractivity contribution in [2.75, 3.05) is 26.7 Å². The fourth-order valence-electron chi connectivity index (χ4n) is 1.64. The first kappa shape index (κ1) is 11.5. The van der Waals surface area contributed by atoms with Crippen LogP contribution in [0.1, 0.15) is 19.8 Å². The summed E-state index contributed by atoms with van der Waals surface area (Å²) in [5.74, 6) is 0.169. The maximum absolute atomic E-state index is 11.9. The number of carbonyl (C=O) groups is 1. The fourth-order valence-corrected chi connectivity index (χ4v) is 1.64. The topological polar surface area (TPSA) is 52.6 Å². The van der Waals surface area contributed by atoms with Gasteiger partial charge in [-0.2, -0.15) is 0 Å². The summed E-state index contributed by atoms with van der Waals surface area (Å²) in [6.45, 7) is 3.17. The van der Waals surface area contributed by atoms with E-state index in [9.17, 15) is 4.79 Å². The molecule has 4 heteroatoms. The van der Waals surface area contributed by atoms with Gasteiger partial charge in [-0.1, -0.05) is 6.92 Å². The number of hydrogen-bond acceptors (Lipinski definition) is 3. The van der Waals surface area contributed by atoms with Crippen LogP contribution >= 0.6 is 0 Å². The lowest BCUT2D eigenvalue weighted by atomic mass is 10.1. The monoisotopic (exact) mass is 200 g/mol. The Balaban J connectivity index is 2.44. The lowest BCUT2D eigenvalue weighted by molar-refractivity contribution is -0.136. The normalized spacial score (nSPS) is 17.9. The first-order chi connectivity index (χ1) is 6.70. The van der Waals surface area contributed by atoms with E-state index in [2.05, 4.69) is 5.32 Å². The second kappa shape index (κ2) is 5.32. The quantitative estimate of drug-likeness (QED) is 0.625. The smallest absolute Gasteiger partial charge is 0.227 e. The Labute approximate surface area is 85.3 Å². The summed E-state index contributed by atoms with van der Waals surface area (Å²) in [6, 6.07) is 0.397. The fraction of sp³-hybridized carbons (Fsp3) is 0.900. The predicted molar refractivity (Wildman–Crippen MR) is 54.9 cm³/mol. The number of hydrogen-bond donors (Lipinski definition) is 2. The van der Waals surface area contributed by atoms with Crippen LogP contribution in [0.25, 0.3) is 0 Å². The van der Waals surface area contributed by atoms with Crippen molar-refractivity contribution in [3.63, 3.8) is 0 Å². The standard InChI is InChI=1S/C10H20N2O2/c1-8(7-11-2)10(14)12(5-6-13)9-3-4-9/h8-9,11,13H,3-7H2,1-2H3. The van der Waals surface area contributed by atoms with Crippen LogP contribution in [-0.2, 0) is 4.79 Å². The van der Waals surface area contributed by atoms with E-state index in [0.29, 0.717) is 19.1 Å². The van der Waals surface area contributed by atoms with Crippen LogP contribution in [-0.4, -0.2) is 48.7 Å². The number of nitrogens with zero attached hydrogens (tertiary/aromatic N) is 1. The van der Waals surface area contributed by atoms with Crippen molar-refractivity contribution >= 4 is 5.91 Å². The lowest BCUT2D eigenvalue weighted by Gasteiger charge is -2.24. The molecule has 1 rings (SSSR count). The highest BCUT2D eigenvalue weighted by Crippen LogP contribution is 2.27. The first-order valence-electron chi connectivity index (χ1n) is 5.26. The summed E-state index contributed by atoms with van der Waals surface area (Å²) in [5.41, 5.74) is 0. The molecule has 1 fully saturated rings. The third kappa shape index (κ3) is 2.96. The van der Waals surface area contributed by atoms with E-state index in [-0.39, 0.29) is 18.4 Å². The molecule has 1 unspecified atom stereocenters. The second-order valence-corrected chi connectivity index (χ2v) is 3.95. The van der Waals surface area contributed by atoms with Gasteiger partial charge in [0.25, 0.3) is 0 Å². The molecule has 0 radical (unpaired) electrons. The number of carbonyl (C=O) groups excluding carboxylic acids is 1. The molecule has 1 atom stereocenters. The number of aliphatic hydroxyl groups excluding tert-OH is 1. The minimum absolute atomic E-state index is 0.00662. The zero-order valence-electron chi connectivity index (χ0n) is 8.99. The van der Waals surface area contributed by atoms with Gasteiger partial charge in [0.1, 0.15) is 0 Å². The molecule has 0 heterocycles. The largest absolute Gasteiger partial charge is 0.395 e. The Hall–Kier alpha value is -0.610. The zero-order valence-corrected chi connectivity index (χ0v) is 8.99. The number of amides is 1. The van der Waals surface area contributed by atoms with Crippen molar-refractivity contribution in [1.82, 2.24) is 10.2 Å². The van der Waals surface area contributed by atoms with Gasteiger partial charge in [-0.3, -0.25) is 4.79 Å². The van der Waals surface area contributed by atoms with Crippen LogP contribution in [0.2, 0.25) is 0 Å². The molecule has 1 amide bonds. The molecule has 0 saturated heterocycles. The van der Waals surface area contributed by atoms with E-state index < -0.39 is 0 Å². The molecule has 0 aromatic rings. The van der Waals surface area contributed by atoms with Crippen molar-refractivity contribution < 1.29 is 9.90 Å². The number of nitrogens with one attached hydrogen (secondary N) is 1. The molecule has 0 aromatic heterocycles. The third-order valence-corrected chi connectivity index (χ3v) is 2.54. The van der Waals surface area contributed by atoms with Gasteiger partial charge in [-0.25, -0.2) is 0 Å². The van der Waals surface area contributed by atoms with Gasteiger partial charge in [0.05, 0.1) is 6.61 Å². The summed E-state index contributed by atoms with van der Waals surface area (Å²) in [7, 11) is 1.84. The van der Waals surface area contributed by atoms with Gasteiger partial charge < -0.3 is 15.3 Å². The molecule has 14 heavy (non-hydrogen) atoms. The Morgan fingerprint density at radius 1 is 1.64 bits per heavy atom. The highest BCUT2D eigenvalue weighted by atomic mass is 16.3. The molecule has 1 saturated carbocycles. The Bertz CT molecular complexity index is 193. The van der Waals surface area contributed by atoms with Crippen LogP contribution in [0.15, 0.2) is 0 Å². The predicted octanol–water partition coefficient (Wildman–Crippen LogP) is -0.175. The minimum Gasteiger partial charge on any atom is -0.395 e. The van der Waals surface area contributed by atoms with Gasteiger partial charge >= 0.3 is 0 Å². The summed E-state index contributed by atoms with van der Waals surface area (Å²) < 4.78 is 0. The lowest BCUT2D eigenvalue weighted by Crippen LogP contribution is -2.41. The molecule has 0 aromatic carbocycles. The molecule has 4 nitrogen and oxygen atoms in total. The SMILES string of the molecule is CNCC(C)C(=O)N(CCO)C1CC1. The summed E-state index contributed by atoms with van der Waals surface area (Å²) in [5, 5.41) is 11.9. The van der Waals surface area contributed by atoms with Crippen LogP contribution in [0.5, 0.6) is 0 Å². The molecule has 1 aliphatic rings. The van der Waals surface area contributed by atoms with E-state index in [1.165, 1.54) is 0 Å². The summed E-state index contributed by atoms with van der Waals surface area (Å²) in [4.78, 5) is 13.7. The molecule has 0 bridgehead atoms. The first-order valence-corrected chi connectivity index (χ1v) is 5.26.